The van der Waals surface area contributed by atoms with Crippen LogP contribution in [0.15, 0.2) is 41.9 Å². The molecule has 2 aromatic carbocycles. The number of hydrogen-bond acceptors (Lipinski definition) is 4. The largest absolute Gasteiger partial charge is 0.326 e. The fraction of sp³-hybridized carbons (Fsp3) is 0.333. The maximum absolute atomic E-state index is 11.3. The molecule has 1 N–H and O–H groups in total. The Labute approximate surface area is 157 Å². The summed E-state index contributed by atoms with van der Waals surface area (Å²) in [5.74, 6) is -0.0220. The lowest BCUT2D eigenvalue weighted by Crippen LogP contribution is -2.29. The van der Waals surface area contributed by atoms with E-state index in [9.17, 15) is 4.79 Å². The van der Waals surface area contributed by atoms with Gasteiger partial charge in [-0.3, -0.25) is 9.69 Å². The lowest BCUT2D eigenvalue weighted by molar-refractivity contribution is -0.114. The van der Waals surface area contributed by atoms with Gasteiger partial charge in [0.2, 0.25) is 5.91 Å². The first-order valence-corrected chi connectivity index (χ1v) is 9.95. The van der Waals surface area contributed by atoms with Crippen LogP contribution in [-0.4, -0.2) is 28.9 Å². The van der Waals surface area contributed by atoms with Crippen molar-refractivity contribution in [2.75, 3.05) is 18.4 Å². The Morgan fingerprint density at radius 3 is 2.77 bits per heavy atom. The quantitative estimate of drug-likeness (QED) is 0.747. The van der Waals surface area contributed by atoms with Gasteiger partial charge in [-0.05, 0) is 60.7 Å². The van der Waals surface area contributed by atoms with Gasteiger partial charge in [0.15, 0.2) is 0 Å². The van der Waals surface area contributed by atoms with E-state index >= 15 is 0 Å². The Bertz CT molecular complexity index is 949. The van der Waals surface area contributed by atoms with Gasteiger partial charge >= 0.3 is 0 Å². The number of hydrogen-bond donors (Lipinski definition) is 1. The van der Waals surface area contributed by atoms with Crippen molar-refractivity contribution in [2.24, 2.45) is 0 Å². The summed E-state index contributed by atoms with van der Waals surface area (Å²) in [7, 11) is 0. The van der Waals surface area contributed by atoms with Crippen molar-refractivity contribution in [3.05, 3.63) is 58.6 Å². The molecule has 1 amide bonds. The third kappa shape index (κ3) is 3.50. The van der Waals surface area contributed by atoms with Crippen LogP contribution in [0.5, 0.6) is 0 Å². The number of carbonyl (C=O) groups excluding carboxylic acids is 1. The summed E-state index contributed by atoms with van der Waals surface area (Å²) >= 11 is 1.69. The summed E-state index contributed by atoms with van der Waals surface area (Å²) in [6.07, 6.45) is 2.05. The van der Waals surface area contributed by atoms with E-state index in [0.29, 0.717) is 6.04 Å². The summed E-state index contributed by atoms with van der Waals surface area (Å²) in [6, 6.07) is 13.3. The predicted molar refractivity (Wildman–Crippen MR) is 108 cm³/mol. The van der Waals surface area contributed by atoms with Crippen LogP contribution >= 0.6 is 11.3 Å². The third-order valence-corrected chi connectivity index (χ3v) is 6.06. The van der Waals surface area contributed by atoms with Crippen molar-refractivity contribution in [3.63, 3.8) is 0 Å². The highest BCUT2D eigenvalue weighted by Crippen LogP contribution is 2.28. The Hall–Kier alpha value is -2.24. The molecule has 5 heteroatoms. The van der Waals surface area contributed by atoms with Crippen molar-refractivity contribution in [1.29, 1.82) is 0 Å². The molecule has 0 bridgehead atoms. The van der Waals surface area contributed by atoms with Crippen LogP contribution < -0.4 is 5.32 Å². The van der Waals surface area contributed by atoms with Gasteiger partial charge in [-0.1, -0.05) is 12.1 Å². The van der Waals surface area contributed by atoms with Crippen LogP contribution in [-0.2, 0) is 17.6 Å². The summed E-state index contributed by atoms with van der Waals surface area (Å²) < 4.78 is 1.25. The Balaban J connectivity index is 1.51. The minimum atomic E-state index is -0.0220. The van der Waals surface area contributed by atoms with Crippen LogP contribution in [0, 0.1) is 0 Å². The molecular formula is C21H23N3OS. The molecule has 3 aromatic rings. The van der Waals surface area contributed by atoms with Crippen molar-refractivity contribution in [3.8, 4) is 0 Å². The number of fused-ring (bicyclic) bond motifs is 2. The van der Waals surface area contributed by atoms with Gasteiger partial charge < -0.3 is 5.32 Å². The number of carbonyl (C=O) groups is 1. The van der Waals surface area contributed by atoms with E-state index in [1.54, 1.807) is 18.3 Å². The third-order valence-electron chi connectivity index (χ3n) is 5.25. The summed E-state index contributed by atoms with van der Waals surface area (Å²) in [5, 5.41) is 2.89. The van der Waals surface area contributed by atoms with Gasteiger partial charge in [-0.2, -0.15) is 0 Å². The highest BCUT2D eigenvalue weighted by Gasteiger charge is 2.20. The monoisotopic (exact) mass is 365 g/mol. The molecule has 0 fully saturated rings. The standard InChI is InChI=1S/C21H23N3OS/c1-14(17-4-6-21-20(12-17)22-13-26-21)24-9-7-16-3-5-19(23-15(2)25)11-18(16)8-10-24/h3-6,11-14H,7-10H2,1-2H3,(H,23,25). The topological polar surface area (TPSA) is 45.2 Å². The molecular weight excluding hydrogens is 342 g/mol. The molecule has 4 nitrogen and oxygen atoms in total. The molecule has 2 heterocycles. The molecule has 1 aliphatic rings. The number of aromatic nitrogens is 1. The van der Waals surface area contributed by atoms with Crippen molar-refractivity contribution >= 4 is 33.1 Å². The lowest BCUT2D eigenvalue weighted by Gasteiger charge is -2.28. The highest BCUT2D eigenvalue weighted by atomic mass is 32.1. The second kappa shape index (κ2) is 7.17. The van der Waals surface area contributed by atoms with Gasteiger partial charge in [0.1, 0.15) is 0 Å². The van der Waals surface area contributed by atoms with Crippen LogP contribution in [0.2, 0.25) is 0 Å². The summed E-state index contributed by atoms with van der Waals surface area (Å²) in [4.78, 5) is 18.3. The van der Waals surface area contributed by atoms with E-state index in [4.69, 9.17) is 0 Å². The van der Waals surface area contributed by atoms with E-state index in [1.807, 2.05) is 11.6 Å². The second-order valence-electron chi connectivity index (χ2n) is 6.96. The molecule has 0 aliphatic carbocycles. The molecule has 1 aliphatic heterocycles. The number of thiazole rings is 1. The molecule has 1 unspecified atom stereocenters. The fourth-order valence-electron chi connectivity index (χ4n) is 3.76. The molecule has 1 aromatic heterocycles. The molecule has 134 valence electrons. The van der Waals surface area contributed by atoms with E-state index in [2.05, 4.69) is 52.5 Å². The number of rotatable bonds is 3. The van der Waals surface area contributed by atoms with E-state index in [0.717, 1.165) is 37.1 Å². The molecule has 0 saturated heterocycles. The van der Waals surface area contributed by atoms with E-state index in [-0.39, 0.29) is 5.91 Å². The van der Waals surface area contributed by atoms with Crippen LogP contribution in [0.4, 0.5) is 5.69 Å². The fourth-order valence-corrected chi connectivity index (χ4v) is 4.42. The van der Waals surface area contributed by atoms with Gasteiger partial charge in [0, 0.05) is 31.7 Å². The summed E-state index contributed by atoms with van der Waals surface area (Å²) in [6.45, 7) is 5.90. The van der Waals surface area contributed by atoms with Crippen molar-refractivity contribution in [1.82, 2.24) is 9.88 Å². The smallest absolute Gasteiger partial charge is 0.221 e. The normalized spacial score (nSPS) is 16.1. The number of nitrogens with zero attached hydrogens (tertiary/aromatic N) is 2. The Morgan fingerprint density at radius 1 is 1.15 bits per heavy atom. The number of anilines is 1. The summed E-state index contributed by atoms with van der Waals surface area (Å²) in [5.41, 5.74) is 7.97. The first-order chi connectivity index (χ1) is 12.6. The zero-order chi connectivity index (χ0) is 18.1. The molecule has 0 radical (unpaired) electrons. The van der Waals surface area contributed by atoms with Crippen molar-refractivity contribution < 1.29 is 4.79 Å². The minimum Gasteiger partial charge on any atom is -0.326 e. The van der Waals surface area contributed by atoms with Crippen LogP contribution in [0.1, 0.15) is 36.6 Å². The van der Waals surface area contributed by atoms with Gasteiger partial charge in [0.25, 0.3) is 0 Å². The zero-order valence-corrected chi connectivity index (χ0v) is 16.0. The van der Waals surface area contributed by atoms with Gasteiger partial charge in [-0.15, -0.1) is 11.3 Å². The maximum atomic E-state index is 11.3. The Morgan fingerprint density at radius 2 is 1.96 bits per heavy atom. The maximum Gasteiger partial charge on any atom is 0.221 e. The average molecular weight is 366 g/mol. The van der Waals surface area contributed by atoms with Crippen molar-refractivity contribution in [2.45, 2.75) is 32.7 Å². The molecule has 1 atom stereocenters. The average Bonchev–Trinajstić information content (AvgIpc) is 2.99. The number of amides is 1. The SMILES string of the molecule is CC(=O)Nc1ccc2c(c1)CCN(C(C)c1ccc3scnc3c1)CC2. The number of nitrogens with one attached hydrogen (secondary N) is 1. The van der Waals surface area contributed by atoms with E-state index in [1.165, 1.54) is 21.4 Å². The first-order valence-electron chi connectivity index (χ1n) is 9.07. The molecule has 0 spiro atoms. The first kappa shape index (κ1) is 17.2. The molecule has 0 saturated carbocycles. The van der Waals surface area contributed by atoms with E-state index < -0.39 is 0 Å². The Kier molecular flexibility index (Phi) is 4.74. The lowest BCUT2D eigenvalue weighted by atomic mass is 10.0. The zero-order valence-electron chi connectivity index (χ0n) is 15.2. The molecule has 4 rings (SSSR count). The number of benzene rings is 2. The highest BCUT2D eigenvalue weighted by molar-refractivity contribution is 7.16. The predicted octanol–water partition coefficient (Wildman–Crippen LogP) is 4.42. The van der Waals surface area contributed by atoms with Gasteiger partial charge in [-0.25, -0.2) is 4.98 Å². The minimum absolute atomic E-state index is 0.0220. The van der Waals surface area contributed by atoms with Crippen LogP contribution in [0.25, 0.3) is 10.2 Å². The molecule has 26 heavy (non-hydrogen) atoms. The van der Waals surface area contributed by atoms with Crippen LogP contribution in [0.3, 0.4) is 0 Å². The second-order valence-corrected chi connectivity index (χ2v) is 7.84. The van der Waals surface area contributed by atoms with Gasteiger partial charge in [0.05, 0.1) is 15.7 Å².